The molecule has 0 saturated carbocycles. The zero-order valence-corrected chi connectivity index (χ0v) is 12.9. The minimum atomic E-state index is 0.377. The van der Waals surface area contributed by atoms with Gasteiger partial charge in [0.05, 0.1) is 11.3 Å². The van der Waals surface area contributed by atoms with Crippen LogP contribution in [0, 0.1) is 6.92 Å². The number of hydrogen-bond acceptors (Lipinski definition) is 5. The molecule has 2 aromatic rings. The Kier molecular flexibility index (Phi) is 3.67. The summed E-state index contributed by atoms with van der Waals surface area (Å²) in [6, 6.07) is 2.09. The maximum absolute atomic E-state index is 5.84. The standard InChI is InChI=1S/C14H16N4S2/c1-8-7-20-14(16-8)18-13-10(12(15)19)6-9-4-2-3-5-11(9)17-13/h6-7H,2-5H2,1H3,(H2,15,19)(H,16,17,18). The van der Waals surface area contributed by atoms with Crippen molar-refractivity contribution in [3.8, 4) is 0 Å². The second kappa shape index (κ2) is 5.46. The third-order valence-corrected chi connectivity index (χ3v) is 4.51. The van der Waals surface area contributed by atoms with E-state index in [9.17, 15) is 0 Å². The van der Waals surface area contributed by atoms with E-state index < -0.39 is 0 Å². The molecule has 2 aromatic heterocycles. The molecule has 0 saturated heterocycles. The van der Waals surface area contributed by atoms with Gasteiger partial charge in [-0.05, 0) is 44.2 Å². The number of anilines is 2. The minimum Gasteiger partial charge on any atom is -0.389 e. The van der Waals surface area contributed by atoms with E-state index in [0.29, 0.717) is 4.99 Å². The molecule has 0 unspecified atom stereocenters. The van der Waals surface area contributed by atoms with Crippen LogP contribution in [-0.4, -0.2) is 15.0 Å². The van der Waals surface area contributed by atoms with Gasteiger partial charge >= 0.3 is 0 Å². The molecule has 0 bridgehead atoms. The van der Waals surface area contributed by atoms with E-state index in [4.69, 9.17) is 22.9 Å². The molecular formula is C14H16N4S2. The second-order valence-electron chi connectivity index (χ2n) is 4.98. The fraction of sp³-hybridized carbons (Fsp3) is 0.357. The molecular weight excluding hydrogens is 288 g/mol. The summed E-state index contributed by atoms with van der Waals surface area (Å²) in [6.07, 6.45) is 4.50. The van der Waals surface area contributed by atoms with E-state index in [1.807, 2.05) is 12.3 Å². The fourth-order valence-corrected chi connectivity index (χ4v) is 3.27. The number of aromatic nitrogens is 2. The molecule has 0 spiro atoms. The van der Waals surface area contributed by atoms with Gasteiger partial charge in [0.1, 0.15) is 10.8 Å². The van der Waals surface area contributed by atoms with Gasteiger partial charge in [0, 0.05) is 11.1 Å². The van der Waals surface area contributed by atoms with Crippen LogP contribution in [0.15, 0.2) is 11.4 Å². The number of rotatable bonds is 3. The number of thiocarbonyl (C=S) groups is 1. The van der Waals surface area contributed by atoms with Crippen molar-refractivity contribution < 1.29 is 0 Å². The Bertz CT molecular complexity index is 663. The normalized spacial score (nSPS) is 13.8. The second-order valence-corrected chi connectivity index (χ2v) is 6.28. The number of nitrogens with zero attached hydrogens (tertiary/aromatic N) is 2. The van der Waals surface area contributed by atoms with Crippen molar-refractivity contribution in [3.63, 3.8) is 0 Å². The summed E-state index contributed by atoms with van der Waals surface area (Å²) in [6.45, 7) is 1.97. The van der Waals surface area contributed by atoms with Crippen molar-refractivity contribution in [3.05, 3.63) is 34.0 Å². The van der Waals surface area contributed by atoms with Crippen molar-refractivity contribution in [1.82, 2.24) is 9.97 Å². The van der Waals surface area contributed by atoms with E-state index in [-0.39, 0.29) is 0 Å². The van der Waals surface area contributed by atoms with Gasteiger partial charge in [-0.1, -0.05) is 12.2 Å². The summed E-state index contributed by atoms with van der Waals surface area (Å²) < 4.78 is 0. The third kappa shape index (κ3) is 2.66. The highest BCUT2D eigenvalue weighted by atomic mass is 32.1. The van der Waals surface area contributed by atoms with Crippen LogP contribution in [0.2, 0.25) is 0 Å². The first-order valence-corrected chi connectivity index (χ1v) is 7.94. The van der Waals surface area contributed by atoms with Crippen LogP contribution in [0.5, 0.6) is 0 Å². The van der Waals surface area contributed by atoms with Gasteiger partial charge < -0.3 is 11.1 Å². The Hall–Kier alpha value is -1.53. The predicted molar refractivity (Wildman–Crippen MR) is 86.9 cm³/mol. The van der Waals surface area contributed by atoms with E-state index in [1.54, 1.807) is 11.3 Å². The number of hydrogen-bond donors (Lipinski definition) is 2. The number of aryl methyl sites for hydroxylation is 3. The van der Waals surface area contributed by atoms with Gasteiger partial charge in [0.25, 0.3) is 0 Å². The summed E-state index contributed by atoms with van der Waals surface area (Å²) in [4.78, 5) is 9.51. The zero-order chi connectivity index (χ0) is 14.1. The Morgan fingerprint density at radius 1 is 1.35 bits per heavy atom. The molecule has 6 heteroatoms. The van der Waals surface area contributed by atoms with Crippen LogP contribution in [-0.2, 0) is 12.8 Å². The van der Waals surface area contributed by atoms with Crippen molar-refractivity contribution in [2.75, 3.05) is 5.32 Å². The maximum atomic E-state index is 5.84. The minimum absolute atomic E-state index is 0.377. The average molecular weight is 304 g/mol. The molecule has 4 nitrogen and oxygen atoms in total. The molecule has 104 valence electrons. The molecule has 2 heterocycles. The first-order valence-electron chi connectivity index (χ1n) is 6.65. The van der Waals surface area contributed by atoms with Gasteiger partial charge in [0.2, 0.25) is 0 Å². The van der Waals surface area contributed by atoms with Crippen molar-refractivity contribution in [2.45, 2.75) is 32.6 Å². The highest BCUT2D eigenvalue weighted by molar-refractivity contribution is 7.80. The molecule has 1 aliphatic rings. The summed E-state index contributed by atoms with van der Waals surface area (Å²) in [5.74, 6) is 0.729. The number of fused-ring (bicyclic) bond motifs is 1. The summed E-state index contributed by atoms with van der Waals surface area (Å²) in [7, 11) is 0. The highest BCUT2D eigenvalue weighted by Gasteiger charge is 2.17. The lowest BCUT2D eigenvalue weighted by Gasteiger charge is -2.18. The molecule has 20 heavy (non-hydrogen) atoms. The van der Waals surface area contributed by atoms with E-state index >= 15 is 0 Å². The van der Waals surface area contributed by atoms with Crippen LogP contribution in [0.25, 0.3) is 0 Å². The Morgan fingerprint density at radius 2 is 2.15 bits per heavy atom. The molecule has 0 amide bonds. The van der Waals surface area contributed by atoms with Gasteiger partial charge in [-0.15, -0.1) is 11.3 Å². The van der Waals surface area contributed by atoms with E-state index in [0.717, 1.165) is 40.7 Å². The Balaban J connectivity index is 2.01. The topological polar surface area (TPSA) is 63.8 Å². The number of nitrogens with one attached hydrogen (secondary N) is 1. The van der Waals surface area contributed by atoms with Crippen LogP contribution in [0.3, 0.4) is 0 Å². The van der Waals surface area contributed by atoms with Crippen LogP contribution >= 0.6 is 23.6 Å². The first-order chi connectivity index (χ1) is 9.63. The molecule has 1 aliphatic carbocycles. The van der Waals surface area contributed by atoms with E-state index in [1.165, 1.54) is 18.4 Å². The van der Waals surface area contributed by atoms with E-state index in [2.05, 4.69) is 16.4 Å². The quantitative estimate of drug-likeness (QED) is 0.853. The van der Waals surface area contributed by atoms with Gasteiger partial charge in [0.15, 0.2) is 5.13 Å². The van der Waals surface area contributed by atoms with Crippen LogP contribution in [0.1, 0.15) is 35.4 Å². The van der Waals surface area contributed by atoms with Gasteiger partial charge in [-0.3, -0.25) is 0 Å². The maximum Gasteiger partial charge on any atom is 0.188 e. The Labute approximate surface area is 127 Å². The average Bonchev–Trinajstić information content (AvgIpc) is 2.83. The number of pyridine rings is 1. The summed E-state index contributed by atoms with van der Waals surface area (Å²) >= 11 is 6.71. The number of nitrogens with two attached hydrogens (primary N) is 1. The fourth-order valence-electron chi connectivity index (χ4n) is 2.43. The lowest BCUT2D eigenvalue weighted by atomic mass is 9.94. The highest BCUT2D eigenvalue weighted by Crippen LogP contribution is 2.27. The largest absolute Gasteiger partial charge is 0.389 e. The molecule has 0 radical (unpaired) electrons. The lowest BCUT2D eigenvalue weighted by Crippen LogP contribution is -2.16. The zero-order valence-electron chi connectivity index (χ0n) is 11.3. The lowest BCUT2D eigenvalue weighted by molar-refractivity contribution is 0.668. The van der Waals surface area contributed by atoms with Crippen molar-refractivity contribution in [2.24, 2.45) is 5.73 Å². The van der Waals surface area contributed by atoms with Crippen molar-refractivity contribution >= 4 is 39.5 Å². The monoisotopic (exact) mass is 304 g/mol. The smallest absolute Gasteiger partial charge is 0.188 e. The summed E-state index contributed by atoms with van der Waals surface area (Å²) in [5, 5.41) is 6.08. The summed E-state index contributed by atoms with van der Waals surface area (Å²) in [5.41, 5.74) is 10.1. The van der Waals surface area contributed by atoms with Crippen LogP contribution < -0.4 is 11.1 Å². The Morgan fingerprint density at radius 3 is 2.85 bits per heavy atom. The first kappa shape index (κ1) is 13.5. The predicted octanol–water partition coefficient (Wildman–Crippen LogP) is 3.10. The van der Waals surface area contributed by atoms with Crippen LogP contribution in [0.4, 0.5) is 10.9 Å². The molecule has 0 aromatic carbocycles. The molecule has 3 N–H and O–H groups in total. The van der Waals surface area contributed by atoms with Gasteiger partial charge in [-0.2, -0.15) is 0 Å². The SMILES string of the molecule is Cc1csc(Nc2nc3c(cc2C(N)=S)CCCC3)n1. The molecule has 3 rings (SSSR count). The van der Waals surface area contributed by atoms with Crippen molar-refractivity contribution in [1.29, 1.82) is 0 Å². The third-order valence-electron chi connectivity index (χ3n) is 3.41. The van der Waals surface area contributed by atoms with Gasteiger partial charge in [-0.25, -0.2) is 9.97 Å². The molecule has 0 fully saturated rings. The number of thiazole rings is 1. The molecule has 0 atom stereocenters. The molecule has 0 aliphatic heterocycles.